The van der Waals surface area contributed by atoms with Crippen molar-refractivity contribution in [1.29, 1.82) is 0 Å². The van der Waals surface area contributed by atoms with Gasteiger partial charge in [0.05, 0.1) is 33.0 Å². The lowest BCUT2D eigenvalue weighted by molar-refractivity contribution is -0.116. The number of oxazole rings is 1. The van der Waals surface area contributed by atoms with E-state index in [1.807, 2.05) is 0 Å². The Bertz CT molecular complexity index is 1820. The first kappa shape index (κ1) is 24.3. The van der Waals surface area contributed by atoms with E-state index in [4.69, 9.17) is 33.4 Å². The van der Waals surface area contributed by atoms with Gasteiger partial charge in [0.25, 0.3) is 11.5 Å². The van der Waals surface area contributed by atoms with Gasteiger partial charge in [0.2, 0.25) is 5.91 Å². The normalized spacial score (nSPS) is 11.4. The van der Waals surface area contributed by atoms with E-state index >= 15 is 0 Å². The summed E-state index contributed by atoms with van der Waals surface area (Å²) in [4.78, 5) is 46.4. The first-order valence-corrected chi connectivity index (χ1v) is 11.5. The zero-order valence-electron chi connectivity index (χ0n) is 19.4. The Balaban J connectivity index is 1.57. The predicted octanol–water partition coefficient (Wildman–Crippen LogP) is 3.60. The third-order valence-corrected chi connectivity index (χ3v) is 6.35. The standard InChI is InChI=1S/C24H18Cl2N6O5/c1-10-29-17-5-14(25)16(6-18(17)37-10)30-19(33)8-32-7-13(20-23(32)28-9-31(2)24(20)36)11-3-12(22(27)35)21(34)15(26)4-11/h3-7,9,34H,8H2,1-2H3,(H2,27,35)(H,30,33). The maximum absolute atomic E-state index is 13.1. The summed E-state index contributed by atoms with van der Waals surface area (Å²) in [6.45, 7) is 1.47. The summed E-state index contributed by atoms with van der Waals surface area (Å²) in [6, 6.07) is 5.88. The monoisotopic (exact) mass is 540 g/mol. The first-order valence-electron chi connectivity index (χ1n) is 10.8. The van der Waals surface area contributed by atoms with Crippen LogP contribution in [0, 0.1) is 6.92 Å². The van der Waals surface area contributed by atoms with Crippen LogP contribution >= 0.6 is 23.2 Å². The molecule has 0 saturated heterocycles. The molecule has 37 heavy (non-hydrogen) atoms. The van der Waals surface area contributed by atoms with Gasteiger partial charge >= 0.3 is 0 Å². The lowest BCUT2D eigenvalue weighted by Gasteiger charge is -2.08. The number of rotatable bonds is 5. The maximum atomic E-state index is 13.1. The number of nitrogens with two attached hydrogens (primary N) is 1. The van der Waals surface area contributed by atoms with Crippen molar-refractivity contribution in [2.45, 2.75) is 13.5 Å². The fraction of sp³-hybridized carbons (Fsp3) is 0.125. The highest BCUT2D eigenvalue weighted by molar-refractivity contribution is 6.34. The third kappa shape index (κ3) is 4.28. The van der Waals surface area contributed by atoms with E-state index in [-0.39, 0.29) is 33.2 Å². The van der Waals surface area contributed by atoms with Gasteiger partial charge in [-0.1, -0.05) is 23.2 Å². The first-order chi connectivity index (χ1) is 17.5. The highest BCUT2D eigenvalue weighted by Crippen LogP contribution is 2.36. The predicted molar refractivity (Wildman–Crippen MR) is 138 cm³/mol. The number of aryl methyl sites for hydroxylation is 2. The molecule has 0 bridgehead atoms. The van der Waals surface area contributed by atoms with Crippen LogP contribution in [0.1, 0.15) is 16.2 Å². The van der Waals surface area contributed by atoms with Crippen molar-refractivity contribution in [3.05, 3.63) is 68.6 Å². The van der Waals surface area contributed by atoms with Crippen LogP contribution in [-0.2, 0) is 18.4 Å². The van der Waals surface area contributed by atoms with Crippen LogP contribution in [0.5, 0.6) is 5.75 Å². The average molecular weight is 541 g/mol. The molecule has 11 nitrogen and oxygen atoms in total. The fourth-order valence-electron chi connectivity index (χ4n) is 4.05. The molecule has 188 valence electrons. The molecular formula is C24H18Cl2N6O5. The minimum absolute atomic E-state index is 0.127. The lowest BCUT2D eigenvalue weighted by atomic mass is 10.0. The molecule has 0 atom stereocenters. The van der Waals surface area contributed by atoms with Crippen LogP contribution in [0.25, 0.3) is 33.3 Å². The van der Waals surface area contributed by atoms with Crippen molar-refractivity contribution in [2.75, 3.05) is 5.32 Å². The molecular weight excluding hydrogens is 523 g/mol. The SMILES string of the molecule is Cc1nc2cc(Cl)c(NC(=O)Cn3cc(-c4cc(Cl)c(O)c(C(N)=O)c4)c4c(=O)n(C)cnc43)cc2o1. The van der Waals surface area contributed by atoms with Gasteiger partial charge in [0.1, 0.15) is 23.5 Å². The molecule has 2 amide bonds. The molecule has 5 aromatic rings. The van der Waals surface area contributed by atoms with E-state index in [0.717, 1.165) is 0 Å². The summed E-state index contributed by atoms with van der Waals surface area (Å²) >= 11 is 12.4. The van der Waals surface area contributed by atoms with Crippen molar-refractivity contribution in [3.63, 3.8) is 0 Å². The zero-order chi connectivity index (χ0) is 26.6. The Kier molecular flexibility index (Phi) is 5.89. The van der Waals surface area contributed by atoms with Crippen molar-refractivity contribution in [1.82, 2.24) is 19.1 Å². The number of primary amides is 1. The number of carbonyl (C=O) groups excluding carboxylic acids is 2. The maximum Gasteiger partial charge on any atom is 0.263 e. The van der Waals surface area contributed by atoms with Gasteiger partial charge in [-0.3, -0.25) is 14.4 Å². The summed E-state index contributed by atoms with van der Waals surface area (Å²) in [6.07, 6.45) is 2.87. The number of amides is 2. The number of hydrogen-bond donors (Lipinski definition) is 3. The lowest BCUT2D eigenvalue weighted by Crippen LogP contribution is -2.20. The van der Waals surface area contributed by atoms with Crippen LogP contribution in [0.4, 0.5) is 5.69 Å². The van der Waals surface area contributed by atoms with Crippen LogP contribution in [0.2, 0.25) is 10.0 Å². The number of benzene rings is 2. The number of halogens is 2. The van der Waals surface area contributed by atoms with E-state index < -0.39 is 23.1 Å². The zero-order valence-corrected chi connectivity index (χ0v) is 20.9. The second-order valence-electron chi connectivity index (χ2n) is 8.33. The highest BCUT2D eigenvalue weighted by atomic mass is 35.5. The number of nitrogens with one attached hydrogen (secondary N) is 1. The molecule has 0 aliphatic rings. The molecule has 13 heteroatoms. The topological polar surface area (TPSA) is 158 Å². The van der Waals surface area contributed by atoms with Gasteiger partial charge in [-0.25, -0.2) is 9.97 Å². The van der Waals surface area contributed by atoms with Crippen LogP contribution in [-0.4, -0.2) is 36.0 Å². The minimum atomic E-state index is -0.897. The smallest absolute Gasteiger partial charge is 0.263 e. The van der Waals surface area contributed by atoms with Crippen molar-refractivity contribution < 1.29 is 19.1 Å². The Morgan fingerprint density at radius 3 is 2.68 bits per heavy atom. The number of fused-ring (bicyclic) bond motifs is 2. The highest BCUT2D eigenvalue weighted by Gasteiger charge is 2.21. The number of carbonyl (C=O) groups is 2. The average Bonchev–Trinajstić information content (AvgIpc) is 3.37. The van der Waals surface area contributed by atoms with Gasteiger partial charge in [-0.2, -0.15) is 0 Å². The molecule has 0 saturated carbocycles. The summed E-state index contributed by atoms with van der Waals surface area (Å²) in [7, 11) is 1.53. The van der Waals surface area contributed by atoms with Gasteiger partial charge in [0.15, 0.2) is 11.5 Å². The van der Waals surface area contributed by atoms with Crippen molar-refractivity contribution in [2.24, 2.45) is 12.8 Å². The summed E-state index contributed by atoms with van der Waals surface area (Å²) in [5.74, 6) is -1.36. The number of nitrogens with zero attached hydrogens (tertiary/aromatic N) is 4. The second kappa shape index (κ2) is 8.95. The number of phenols is 1. The molecule has 3 heterocycles. The Morgan fingerprint density at radius 1 is 1.19 bits per heavy atom. The molecule has 3 aromatic heterocycles. The second-order valence-corrected chi connectivity index (χ2v) is 9.14. The Morgan fingerprint density at radius 2 is 1.95 bits per heavy atom. The molecule has 0 radical (unpaired) electrons. The van der Waals surface area contributed by atoms with E-state index in [2.05, 4.69) is 15.3 Å². The van der Waals surface area contributed by atoms with E-state index in [1.54, 1.807) is 19.1 Å². The van der Waals surface area contributed by atoms with Gasteiger partial charge in [-0.15, -0.1) is 0 Å². The molecule has 4 N–H and O–H groups in total. The van der Waals surface area contributed by atoms with Gasteiger partial charge in [-0.05, 0) is 23.8 Å². The van der Waals surface area contributed by atoms with Crippen molar-refractivity contribution >= 4 is 62.8 Å². The molecule has 0 aliphatic heterocycles. The fourth-order valence-corrected chi connectivity index (χ4v) is 4.48. The minimum Gasteiger partial charge on any atom is -0.506 e. The van der Waals surface area contributed by atoms with Crippen LogP contribution in [0.3, 0.4) is 0 Å². The van der Waals surface area contributed by atoms with E-state index in [0.29, 0.717) is 33.8 Å². The third-order valence-electron chi connectivity index (χ3n) is 5.75. The number of anilines is 1. The Hall–Kier alpha value is -4.35. The van der Waals surface area contributed by atoms with Gasteiger partial charge in [0, 0.05) is 31.8 Å². The van der Waals surface area contributed by atoms with Gasteiger partial charge < -0.3 is 29.7 Å². The number of hydrogen-bond acceptors (Lipinski definition) is 7. The summed E-state index contributed by atoms with van der Waals surface area (Å²) in [5.41, 5.74) is 7.03. The van der Waals surface area contributed by atoms with Crippen LogP contribution in [0.15, 0.2) is 46.0 Å². The molecule has 2 aromatic carbocycles. The number of aromatic hydroxyl groups is 1. The molecule has 0 unspecified atom stereocenters. The largest absolute Gasteiger partial charge is 0.506 e. The summed E-state index contributed by atoms with van der Waals surface area (Å²) in [5, 5.41) is 13.2. The number of aromatic nitrogens is 4. The van der Waals surface area contributed by atoms with E-state index in [1.165, 1.54) is 40.8 Å². The molecule has 0 aliphatic carbocycles. The Labute approximate surface area is 218 Å². The quantitative estimate of drug-likeness (QED) is 0.307. The van der Waals surface area contributed by atoms with E-state index in [9.17, 15) is 19.5 Å². The van der Waals surface area contributed by atoms with Crippen LogP contribution < -0.4 is 16.6 Å². The molecule has 0 spiro atoms. The summed E-state index contributed by atoms with van der Waals surface area (Å²) < 4.78 is 8.27. The molecule has 5 rings (SSSR count). The van der Waals surface area contributed by atoms with Crippen molar-refractivity contribution in [3.8, 4) is 16.9 Å². The molecule has 0 fully saturated rings.